The van der Waals surface area contributed by atoms with Crippen molar-refractivity contribution in [2.24, 2.45) is 5.73 Å². The largest absolute Gasteiger partial charge is 0.368 e. The maximum atomic E-state index is 12.7. The van der Waals surface area contributed by atoms with Crippen LogP contribution >= 0.6 is 0 Å². The monoisotopic (exact) mass is 376 g/mol. The summed E-state index contributed by atoms with van der Waals surface area (Å²) in [4.78, 5) is 28.5. The molecule has 5 nitrogen and oxygen atoms in total. The molecule has 1 atom stereocenters. The van der Waals surface area contributed by atoms with Gasteiger partial charge in [-0.3, -0.25) is 9.59 Å². The predicted octanol–water partition coefficient (Wildman–Crippen LogP) is 2.30. The molecule has 2 aliphatic rings. The summed E-state index contributed by atoms with van der Waals surface area (Å²) < 4.78 is 0. The average molecular weight is 376 g/mol. The number of carbonyl (C=O) groups is 2. The summed E-state index contributed by atoms with van der Waals surface area (Å²) in [5.41, 5.74) is 9.57. The topological polar surface area (TPSA) is 66.6 Å². The minimum absolute atomic E-state index is 0.168. The molecule has 2 N–H and O–H groups in total. The van der Waals surface area contributed by atoms with Gasteiger partial charge in [0.2, 0.25) is 5.91 Å². The van der Waals surface area contributed by atoms with Crippen LogP contribution in [-0.2, 0) is 16.6 Å². The number of amides is 2. The first-order valence-corrected chi connectivity index (χ1v) is 9.76. The van der Waals surface area contributed by atoms with Crippen molar-refractivity contribution in [1.82, 2.24) is 9.80 Å². The highest BCUT2D eigenvalue weighted by atomic mass is 16.2. The molecule has 1 radical (unpaired) electrons. The Balaban J connectivity index is 1.46. The molecule has 0 aromatic heterocycles. The van der Waals surface area contributed by atoms with Crippen molar-refractivity contribution in [3.8, 4) is 0 Å². The van der Waals surface area contributed by atoms with Crippen LogP contribution in [0, 0.1) is 6.07 Å². The zero-order valence-corrected chi connectivity index (χ0v) is 16.4. The summed E-state index contributed by atoms with van der Waals surface area (Å²) in [6.45, 7) is 1.53. The fourth-order valence-corrected chi connectivity index (χ4v) is 4.40. The lowest BCUT2D eigenvalue weighted by atomic mass is 9.94. The van der Waals surface area contributed by atoms with Crippen molar-refractivity contribution >= 4 is 11.8 Å². The molecule has 145 valence electrons. The average Bonchev–Trinajstić information content (AvgIpc) is 3.38. The van der Waals surface area contributed by atoms with Gasteiger partial charge in [-0.2, -0.15) is 0 Å². The fourth-order valence-electron chi connectivity index (χ4n) is 4.40. The molecule has 2 aromatic carbocycles. The van der Waals surface area contributed by atoms with E-state index in [0.717, 1.165) is 12.1 Å². The summed E-state index contributed by atoms with van der Waals surface area (Å²) >= 11 is 0. The quantitative estimate of drug-likeness (QED) is 0.806. The van der Waals surface area contributed by atoms with Gasteiger partial charge in [-0.05, 0) is 56.1 Å². The fraction of sp³-hybridized carbons (Fsp3) is 0.391. The van der Waals surface area contributed by atoms with E-state index in [1.54, 1.807) is 23.1 Å². The number of benzene rings is 2. The third-order valence-corrected chi connectivity index (χ3v) is 5.92. The van der Waals surface area contributed by atoms with E-state index in [4.69, 9.17) is 5.73 Å². The summed E-state index contributed by atoms with van der Waals surface area (Å²) in [5, 5.41) is 0. The lowest BCUT2D eigenvalue weighted by Crippen LogP contribution is -2.37. The van der Waals surface area contributed by atoms with E-state index >= 15 is 0 Å². The minimum atomic E-state index is -0.700. The number of likely N-dealkylation sites (N-methyl/N-ethyl adjacent to an activating group) is 1. The molecule has 0 spiro atoms. The molecule has 1 fully saturated rings. The van der Waals surface area contributed by atoms with Crippen LogP contribution in [0.4, 0.5) is 0 Å². The molecular formula is C23H26N3O2. The maximum absolute atomic E-state index is 12.7. The molecule has 0 bridgehead atoms. The zero-order valence-electron chi connectivity index (χ0n) is 16.4. The van der Waals surface area contributed by atoms with Gasteiger partial charge in [0.1, 0.15) is 6.04 Å². The first-order valence-electron chi connectivity index (χ1n) is 9.76. The predicted molar refractivity (Wildman–Crippen MR) is 108 cm³/mol. The molecule has 1 unspecified atom stereocenters. The maximum Gasteiger partial charge on any atom is 0.255 e. The van der Waals surface area contributed by atoms with Crippen molar-refractivity contribution < 1.29 is 9.59 Å². The number of rotatable bonds is 7. The van der Waals surface area contributed by atoms with Crippen molar-refractivity contribution in [3.05, 3.63) is 70.8 Å². The molecule has 5 heteroatoms. The molecule has 2 amide bonds. The molecule has 1 aliphatic carbocycles. The van der Waals surface area contributed by atoms with Crippen LogP contribution in [0.1, 0.15) is 45.9 Å². The first kappa shape index (κ1) is 18.7. The molecule has 4 rings (SSSR count). The molecule has 1 aliphatic heterocycles. The van der Waals surface area contributed by atoms with Crippen LogP contribution in [0.25, 0.3) is 0 Å². The molecule has 2 aromatic rings. The van der Waals surface area contributed by atoms with Gasteiger partial charge in [0.25, 0.3) is 5.91 Å². The van der Waals surface area contributed by atoms with Crippen LogP contribution in [0.5, 0.6) is 0 Å². The van der Waals surface area contributed by atoms with Crippen molar-refractivity contribution in [3.63, 3.8) is 0 Å². The van der Waals surface area contributed by atoms with Crippen molar-refractivity contribution in [1.29, 1.82) is 0 Å². The molecule has 0 saturated heterocycles. The van der Waals surface area contributed by atoms with E-state index in [9.17, 15) is 9.59 Å². The van der Waals surface area contributed by atoms with Crippen LogP contribution in [-0.4, -0.2) is 48.8 Å². The Bertz CT molecular complexity index is 900. The van der Waals surface area contributed by atoms with E-state index in [2.05, 4.69) is 49.3 Å². The second-order valence-electron chi connectivity index (χ2n) is 8.27. The Morgan fingerprint density at radius 2 is 1.96 bits per heavy atom. The Hall–Kier alpha value is -2.66. The highest BCUT2D eigenvalue weighted by Crippen LogP contribution is 2.48. The van der Waals surface area contributed by atoms with Gasteiger partial charge in [-0.1, -0.05) is 42.5 Å². The summed E-state index contributed by atoms with van der Waals surface area (Å²) in [6, 6.07) is 16.2. The Morgan fingerprint density at radius 3 is 2.57 bits per heavy atom. The summed E-state index contributed by atoms with van der Waals surface area (Å²) in [7, 11) is 4.23. The summed E-state index contributed by atoms with van der Waals surface area (Å²) in [5.74, 6) is -0.666. The highest BCUT2D eigenvalue weighted by molar-refractivity contribution is 6.04. The van der Waals surface area contributed by atoms with Gasteiger partial charge < -0.3 is 15.5 Å². The minimum Gasteiger partial charge on any atom is -0.368 e. The van der Waals surface area contributed by atoms with Crippen molar-refractivity contribution in [2.75, 3.05) is 27.2 Å². The lowest BCUT2D eigenvalue weighted by molar-refractivity contribution is -0.122. The van der Waals surface area contributed by atoms with Gasteiger partial charge in [0, 0.05) is 18.5 Å². The van der Waals surface area contributed by atoms with E-state index in [1.807, 2.05) is 0 Å². The number of hydrogen-bond acceptors (Lipinski definition) is 3. The molecule has 1 saturated carbocycles. The number of primary amides is 1. The Labute approximate surface area is 166 Å². The number of nitrogens with zero attached hydrogens (tertiary/aromatic N) is 2. The van der Waals surface area contributed by atoms with E-state index in [-0.39, 0.29) is 5.91 Å². The Kier molecular flexibility index (Phi) is 4.71. The van der Waals surface area contributed by atoms with Gasteiger partial charge >= 0.3 is 0 Å². The van der Waals surface area contributed by atoms with E-state index in [1.165, 1.54) is 18.4 Å². The molecule has 28 heavy (non-hydrogen) atoms. The van der Waals surface area contributed by atoms with Gasteiger partial charge in [-0.25, -0.2) is 0 Å². The zero-order chi connectivity index (χ0) is 19.9. The van der Waals surface area contributed by atoms with Gasteiger partial charge in [0.15, 0.2) is 0 Å². The Morgan fingerprint density at radius 1 is 1.25 bits per heavy atom. The number of nitrogens with two attached hydrogens (primary N) is 1. The SMILES string of the molecule is CN(C)CC1(c2ccc(CCN3C(=O)c4[c]cccc4C3C(N)=O)cc2)CC1. The van der Waals surface area contributed by atoms with E-state index in [0.29, 0.717) is 29.5 Å². The number of fused-ring (bicyclic) bond motifs is 1. The number of carbonyl (C=O) groups excluding carboxylic acids is 2. The number of hydrogen-bond donors (Lipinski definition) is 1. The molecule has 1 heterocycles. The molecular weight excluding hydrogens is 350 g/mol. The lowest BCUT2D eigenvalue weighted by Gasteiger charge is -2.23. The standard InChI is InChI=1S/C23H26N3O2/c1-25(2)15-23(12-13-23)17-9-7-16(8-10-17)11-14-26-20(21(24)27)18-5-3-4-6-19(18)22(26)28/h3-5,7-10,20H,11-15H2,1-2H3,(H2,24,27). The van der Waals surface area contributed by atoms with Gasteiger partial charge in [0.05, 0.1) is 5.56 Å². The smallest absolute Gasteiger partial charge is 0.255 e. The third kappa shape index (κ3) is 3.31. The van der Waals surface area contributed by atoms with Crippen molar-refractivity contribution in [2.45, 2.75) is 30.7 Å². The van der Waals surface area contributed by atoms with Gasteiger partial charge in [-0.15, -0.1) is 0 Å². The normalized spacial score (nSPS) is 19.8. The van der Waals surface area contributed by atoms with Crippen LogP contribution in [0.15, 0.2) is 42.5 Å². The third-order valence-electron chi connectivity index (χ3n) is 5.92. The van der Waals surface area contributed by atoms with Crippen LogP contribution < -0.4 is 5.73 Å². The second kappa shape index (κ2) is 7.06. The highest BCUT2D eigenvalue weighted by Gasteiger charge is 2.44. The van der Waals surface area contributed by atoms with Crippen LogP contribution in [0.3, 0.4) is 0 Å². The first-order chi connectivity index (χ1) is 13.4. The van der Waals surface area contributed by atoms with E-state index < -0.39 is 11.9 Å². The van der Waals surface area contributed by atoms with Crippen LogP contribution in [0.2, 0.25) is 0 Å². The second-order valence-corrected chi connectivity index (χ2v) is 8.27. The summed E-state index contributed by atoms with van der Waals surface area (Å²) in [6.07, 6.45) is 3.16.